The molecule has 0 saturated heterocycles. The molecular formula is C15H28N2O3. The van der Waals surface area contributed by atoms with E-state index in [2.05, 4.69) is 12.2 Å². The highest BCUT2D eigenvalue weighted by Crippen LogP contribution is 2.36. The maximum absolute atomic E-state index is 12.1. The fraction of sp³-hybridized carbons (Fsp3) is 0.867. The van der Waals surface area contributed by atoms with Crippen molar-refractivity contribution in [1.82, 2.24) is 10.2 Å². The van der Waals surface area contributed by atoms with Gasteiger partial charge in [0.05, 0.1) is 5.41 Å². The molecule has 0 aromatic rings. The fourth-order valence-corrected chi connectivity index (χ4v) is 2.88. The van der Waals surface area contributed by atoms with Crippen LogP contribution >= 0.6 is 0 Å². The van der Waals surface area contributed by atoms with E-state index in [1.807, 2.05) is 6.92 Å². The Labute approximate surface area is 121 Å². The minimum atomic E-state index is -0.776. The monoisotopic (exact) mass is 284 g/mol. The van der Waals surface area contributed by atoms with Crippen molar-refractivity contribution < 1.29 is 14.7 Å². The van der Waals surface area contributed by atoms with Gasteiger partial charge in [0.15, 0.2) is 0 Å². The summed E-state index contributed by atoms with van der Waals surface area (Å²) in [5.41, 5.74) is -0.761. The second-order valence-electron chi connectivity index (χ2n) is 6.05. The quantitative estimate of drug-likeness (QED) is 0.788. The zero-order valence-electron chi connectivity index (χ0n) is 12.9. The number of nitrogens with zero attached hydrogens (tertiary/aromatic N) is 1. The lowest BCUT2D eigenvalue weighted by molar-refractivity contribution is -0.150. The lowest BCUT2D eigenvalue weighted by Crippen LogP contribution is -2.49. The van der Waals surface area contributed by atoms with Crippen LogP contribution in [0, 0.1) is 5.41 Å². The number of carbonyl (C=O) groups excluding carboxylic acids is 1. The summed E-state index contributed by atoms with van der Waals surface area (Å²) in [6, 6.07) is 0.00397. The number of amides is 2. The van der Waals surface area contributed by atoms with Crippen molar-refractivity contribution in [1.29, 1.82) is 0 Å². The Morgan fingerprint density at radius 2 is 1.90 bits per heavy atom. The van der Waals surface area contributed by atoms with Gasteiger partial charge in [-0.15, -0.1) is 0 Å². The van der Waals surface area contributed by atoms with Crippen molar-refractivity contribution in [2.75, 3.05) is 13.6 Å². The van der Waals surface area contributed by atoms with Crippen LogP contribution in [0.5, 0.6) is 0 Å². The lowest BCUT2D eigenvalue weighted by atomic mass is 9.74. The summed E-state index contributed by atoms with van der Waals surface area (Å²) in [4.78, 5) is 25.3. The number of carbonyl (C=O) groups is 2. The van der Waals surface area contributed by atoms with E-state index in [-0.39, 0.29) is 18.6 Å². The van der Waals surface area contributed by atoms with E-state index in [1.165, 1.54) is 0 Å². The molecule has 1 rings (SSSR count). The van der Waals surface area contributed by atoms with E-state index in [9.17, 15) is 14.7 Å². The molecule has 2 amide bonds. The van der Waals surface area contributed by atoms with E-state index < -0.39 is 11.4 Å². The Hall–Kier alpha value is -1.26. The summed E-state index contributed by atoms with van der Waals surface area (Å²) in [5.74, 6) is -0.776. The third kappa shape index (κ3) is 4.12. The molecule has 0 bridgehead atoms. The third-order valence-electron chi connectivity index (χ3n) is 4.53. The highest BCUT2D eigenvalue weighted by atomic mass is 16.4. The molecule has 116 valence electrons. The molecule has 0 spiro atoms. The van der Waals surface area contributed by atoms with Gasteiger partial charge in [0.25, 0.3) is 0 Å². The fourth-order valence-electron chi connectivity index (χ4n) is 2.88. The van der Waals surface area contributed by atoms with Crippen LogP contribution in [0.2, 0.25) is 0 Å². The number of hydrogen-bond donors (Lipinski definition) is 2. The molecule has 1 aliphatic rings. The number of carboxylic acid groups (broad SMARTS) is 1. The van der Waals surface area contributed by atoms with Gasteiger partial charge in [0.2, 0.25) is 0 Å². The third-order valence-corrected chi connectivity index (χ3v) is 4.53. The minimum absolute atomic E-state index is 0.169. The maximum atomic E-state index is 12.1. The first-order valence-electron chi connectivity index (χ1n) is 7.67. The van der Waals surface area contributed by atoms with Gasteiger partial charge in [-0.1, -0.05) is 32.6 Å². The second-order valence-corrected chi connectivity index (χ2v) is 6.05. The van der Waals surface area contributed by atoms with E-state index in [0.717, 1.165) is 32.1 Å². The standard InChI is InChI=1S/C15H28N2O3/c1-4-8-12(2)17(3)14(20)16-11-15(13(18)19)9-6-5-7-10-15/h12H,4-11H2,1-3H3,(H,16,20)(H,18,19). The minimum Gasteiger partial charge on any atom is -0.481 e. The highest BCUT2D eigenvalue weighted by molar-refractivity contribution is 5.78. The van der Waals surface area contributed by atoms with Crippen LogP contribution in [-0.2, 0) is 4.79 Å². The first-order chi connectivity index (χ1) is 9.43. The van der Waals surface area contributed by atoms with Crippen molar-refractivity contribution in [2.24, 2.45) is 5.41 Å². The molecule has 20 heavy (non-hydrogen) atoms. The molecule has 1 aliphatic carbocycles. The van der Waals surface area contributed by atoms with Gasteiger partial charge in [0.1, 0.15) is 0 Å². The van der Waals surface area contributed by atoms with E-state index in [1.54, 1.807) is 11.9 Å². The molecule has 0 aromatic carbocycles. The molecular weight excluding hydrogens is 256 g/mol. The average Bonchev–Trinajstić information content (AvgIpc) is 2.45. The number of urea groups is 1. The first-order valence-corrected chi connectivity index (χ1v) is 7.67. The average molecular weight is 284 g/mol. The number of rotatable bonds is 6. The van der Waals surface area contributed by atoms with Crippen LogP contribution in [0.15, 0.2) is 0 Å². The zero-order valence-corrected chi connectivity index (χ0v) is 12.9. The summed E-state index contributed by atoms with van der Waals surface area (Å²) < 4.78 is 0. The molecule has 1 saturated carbocycles. The van der Waals surface area contributed by atoms with Crippen LogP contribution in [0.25, 0.3) is 0 Å². The number of carboxylic acids is 1. The zero-order chi connectivity index (χ0) is 15.2. The van der Waals surface area contributed by atoms with Crippen molar-refractivity contribution >= 4 is 12.0 Å². The molecule has 0 aliphatic heterocycles. The number of nitrogens with one attached hydrogen (secondary N) is 1. The van der Waals surface area contributed by atoms with Crippen molar-refractivity contribution in [3.63, 3.8) is 0 Å². The molecule has 0 aromatic heterocycles. The van der Waals surface area contributed by atoms with Gasteiger partial charge in [0, 0.05) is 19.6 Å². The summed E-state index contributed by atoms with van der Waals surface area (Å²) in [5, 5.41) is 12.3. The molecule has 1 fully saturated rings. The molecule has 0 heterocycles. The Morgan fingerprint density at radius 3 is 2.40 bits per heavy atom. The molecule has 5 heteroatoms. The van der Waals surface area contributed by atoms with E-state index in [4.69, 9.17) is 0 Å². The summed E-state index contributed by atoms with van der Waals surface area (Å²) in [6.45, 7) is 4.34. The van der Waals surface area contributed by atoms with Crippen molar-refractivity contribution in [3.8, 4) is 0 Å². The molecule has 1 unspecified atom stereocenters. The Kier molecular flexibility index (Phi) is 6.30. The second kappa shape index (κ2) is 7.50. The van der Waals surface area contributed by atoms with E-state index in [0.29, 0.717) is 12.8 Å². The highest BCUT2D eigenvalue weighted by Gasteiger charge is 2.40. The molecule has 5 nitrogen and oxygen atoms in total. The Balaban J connectivity index is 2.55. The Bertz CT molecular complexity index is 338. The number of aliphatic carboxylic acids is 1. The largest absolute Gasteiger partial charge is 0.481 e. The topological polar surface area (TPSA) is 69.6 Å². The molecule has 1 atom stereocenters. The van der Waals surface area contributed by atoms with Gasteiger partial charge in [-0.25, -0.2) is 4.79 Å². The molecule has 2 N–H and O–H groups in total. The smallest absolute Gasteiger partial charge is 0.317 e. The van der Waals surface area contributed by atoms with Gasteiger partial charge in [-0.2, -0.15) is 0 Å². The van der Waals surface area contributed by atoms with Crippen LogP contribution in [-0.4, -0.2) is 41.6 Å². The van der Waals surface area contributed by atoms with Gasteiger partial charge < -0.3 is 15.3 Å². The SMILES string of the molecule is CCCC(C)N(C)C(=O)NCC1(C(=O)O)CCCCC1. The maximum Gasteiger partial charge on any atom is 0.317 e. The van der Waals surface area contributed by atoms with Crippen LogP contribution in [0.3, 0.4) is 0 Å². The predicted octanol–water partition coefficient (Wildman–Crippen LogP) is 2.85. The summed E-state index contributed by atoms with van der Waals surface area (Å²) >= 11 is 0. The predicted molar refractivity (Wildman–Crippen MR) is 78.7 cm³/mol. The summed E-state index contributed by atoms with van der Waals surface area (Å²) in [6.07, 6.45) is 6.27. The van der Waals surface area contributed by atoms with Gasteiger partial charge in [-0.05, 0) is 26.2 Å². The number of hydrogen-bond acceptors (Lipinski definition) is 2. The van der Waals surface area contributed by atoms with Crippen molar-refractivity contribution in [3.05, 3.63) is 0 Å². The lowest BCUT2D eigenvalue weighted by Gasteiger charge is -2.34. The normalized spacial score (nSPS) is 19.1. The van der Waals surface area contributed by atoms with Gasteiger partial charge >= 0.3 is 12.0 Å². The van der Waals surface area contributed by atoms with E-state index >= 15 is 0 Å². The van der Waals surface area contributed by atoms with Crippen LogP contribution in [0.4, 0.5) is 4.79 Å². The van der Waals surface area contributed by atoms with Gasteiger partial charge in [-0.3, -0.25) is 4.79 Å². The van der Waals surface area contributed by atoms with Crippen molar-refractivity contribution in [2.45, 2.75) is 64.8 Å². The first kappa shape index (κ1) is 16.8. The summed E-state index contributed by atoms with van der Waals surface area (Å²) in [7, 11) is 1.77. The molecule has 0 radical (unpaired) electrons. The Morgan fingerprint density at radius 1 is 1.30 bits per heavy atom. The van der Waals surface area contributed by atoms with Crippen LogP contribution < -0.4 is 5.32 Å². The van der Waals surface area contributed by atoms with Crippen LogP contribution in [0.1, 0.15) is 58.8 Å².